The minimum atomic E-state index is 0.329. The van der Waals surface area contributed by atoms with Crippen LogP contribution in [-0.2, 0) is 18.3 Å². The SMILES string of the molecule is CCCC1(c2cc(C)c3c(c2O)CCCC3)CC1. The standard InChI is InChI=1S/C17H24O/c1-3-8-17(9-10-17)15-11-12(2)13-6-4-5-7-14(13)16(15)18/h11,18H,3-10H2,1-2H3. The number of fused-ring (bicyclic) bond motifs is 1. The molecule has 0 amide bonds. The van der Waals surface area contributed by atoms with Gasteiger partial charge in [0.05, 0.1) is 0 Å². The predicted molar refractivity (Wildman–Crippen MR) is 75.3 cm³/mol. The normalized spacial score (nSPS) is 20.6. The summed E-state index contributed by atoms with van der Waals surface area (Å²) in [6.45, 7) is 4.48. The lowest BCUT2D eigenvalue weighted by Gasteiger charge is -2.25. The average Bonchev–Trinajstić information content (AvgIpc) is 3.15. The molecule has 1 nitrogen and oxygen atoms in total. The van der Waals surface area contributed by atoms with Crippen LogP contribution >= 0.6 is 0 Å². The molecular formula is C17H24O. The van der Waals surface area contributed by atoms with Crippen LogP contribution in [0.25, 0.3) is 0 Å². The van der Waals surface area contributed by atoms with E-state index in [1.165, 1.54) is 60.8 Å². The summed E-state index contributed by atoms with van der Waals surface area (Å²) in [5.74, 6) is 0.654. The van der Waals surface area contributed by atoms with Gasteiger partial charge in [-0.3, -0.25) is 0 Å². The maximum absolute atomic E-state index is 10.7. The molecule has 0 radical (unpaired) electrons. The number of aromatic hydroxyl groups is 1. The fourth-order valence-corrected chi connectivity index (χ4v) is 3.82. The third kappa shape index (κ3) is 1.75. The number of rotatable bonds is 3. The highest BCUT2D eigenvalue weighted by molar-refractivity contribution is 5.54. The molecule has 0 saturated heterocycles. The van der Waals surface area contributed by atoms with Crippen molar-refractivity contribution in [3.8, 4) is 5.75 Å². The van der Waals surface area contributed by atoms with E-state index in [0.717, 1.165) is 12.8 Å². The minimum Gasteiger partial charge on any atom is -0.507 e. The van der Waals surface area contributed by atoms with E-state index in [2.05, 4.69) is 19.9 Å². The second kappa shape index (κ2) is 4.29. The second-order valence-electron chi connectivity index (χ2n) is 6.28. The van der Waals surface area contributed by atoms with Crippen LogP contribution in [0.3, 0.4) is 0 Å². The van der Waals surface area contributed by atoms with Crippen LogP contribution < -0.4 is 0 Å². The van der Waals surface area contributed by atoms with Gasteiger partial charge in [0.1, 0.15) is 5.75 Å². The van der Waals surface area contributed by atoms with E-state index < -0.39 is 0 Å². The van der Waals surface area contributed by atoms with Gasteiger partial charge in [0.25, 0.3) is 0 Å². The number of hydrogen-bond donors (Lipinski definition) is 1. The molecule has 0 bridgehead atoms. The van der Waals surface area contributed by atoms with E-state index >= 15 is 0 Å². The van der Waals surface area contributed by atoms with E-state index in [1.54, 1.807) is 0 Å². The Morgan fingerprint density at radius 1 is 1.17 bits per heavy atom. The molecule has 98 valence electrons. The third-order valence-electron chi connectivity index (χ3n) is 5.00. The Labute approximate surface area is 110 Å². The summed E-state index contributed by atoms with van der Waals surface area (Å²) >= 11 is 0. The molecule has 3 rings (SSSR count). The summed E-state index contributed by atoms with van der Waals surface area (Å²) in [6, 6.07) is 2.29. The van der Waals surface area contributed by atoms with Gasteiger partial charge in [0, 0.05) is 5.56 Å². The highest BCUT2D eigenvalue weighted by Gasteiger charge is 2.45. The van der Waals surface area contributed by atoms with Gasteiger partial charge in [-0.05, 0) is 74.0 Å². The molecule has 0 aromatic heterocycles. The first-order valence-corrected chi connectivity index (χ1v) is 7.53. The van der Waals surface area contributed by atoms with Gasteiger partial charge in [0.15, 0.2) is 0 Å². The first kappa shape index (κ1) is 12.1. The van der Waals surface area contributed by atoms with Crippen LogP contribution in [-0.4, -0.2) is 5.11 Å². The molecule has 1 saturated carbocycles. The Bertz CT molecular complexity index is 469. The van der Waals surface area contributed by atoms with E-state index in [0.29, 0.717) is 11.2 Å². The summed E-state index contributed by atoms with van der Waals surface area (Å²) in [6.07, 6.45) is 9.76. The molecule has 1 aromatic carbocycles. The van der Waals surface area contributed by atoms with E-state index in [4.69, 9.17) is 0 Å². The van der Waals surface area contributed by atoms with Crippen LogP contribution in [0, 0.1) is 6.92 Å². The number of phenols is 1. The molecular weight excluding hydrogens is 220 g/mol. The van der Waals surface area contributed by atoms with Crippen molar-refractivity contribution >= 4 is 0 Å². The van der Waals surface area contributed by atoms with Gasteiger partial charge in [-0.1, -0.05) is 19.4 Å². The van der Waals surface area contributed by atoms with Crippen molar-refractivity contribution in [3.63, 3.8) is 0 Å². The lowest BCUT2D eigenvalue weighted by Crippen LogP contribution is -2.12. The van der Waals surface area contributed by atoms with E-state index in [1.807, 2.05) is 0 Å². The summed E-state index contributed by atoms with van der Waals surface area (Å²) in [5.41, 5.74) is 5.73. The Balaban J connectivity index is 2.09. The van der Waals surface area contributed by atoms with Gasteiger partial charge in [0.2, 0.25) is 0 Å². The number of phenolic OH excluding ortho intramolecular Hbond substituents is 1. The Kier molecular flexibility index (Phi) is 2.88. The fourth-order valence-electron chi connectivity index (χ4n) is 3.82. The van der Waals surface area contributed by atoms with Gasteiger partial charge < -0.3 is 5.11 Å². The zero-order valence-electron chi connectivity index (χ0n) is 11.7. The van der Waals surface area contributed by atoms with Crippen LogP contribution in [0.15, 0.2) is 6.07 Å². The molecule has 0 atom stereocenters. The maximum atomic E-state index is 10.7. The van der Waals surface area contributed by atoms with Crippen molar-refractivity contribution < 1.29 is 5.11 Å². The molecule has 1 N–H and O–H groups in total. The Morgan fingerprint density at radius 2 is 1.83 bits per heavy atom. The van der Waals surface area contributed by atoms with Gasteiger partial charge in [-0.25, -0.2) is 0 Å². The lowest BCUT2D eigenvalue weighted by molar-refractivity contribution is 0.440. The molecule has 0 heterocycles. The fraction of sp³-hybridized carbons (Fsp3) is 0.647. The van der Waals surface area contributed by atoms with Crippen molar-refractivity contribution in [2.75, 3.05) is 0 Å². The molecule has 18 heavy (non-hydrogen) atoms. The minimum absolute atomic E-state index is 0.329. The van der Waals surface area contributed by atoms with Crippen molar-refractivity contribution in [3.05, 3.63) is 28.3 Å². The molecule has 1 heteroatoms. The van der Waals surface area contributed by atoms with Gasteiger partial charge >= 0.3 is 0 Å². The highest BCUT2D eigenvalue weighted by atomic mass is 16.3. The number of aryl methyl sites for hydroxylation is 1. The van der Waals surface area contributed by atoms with Crippen molar-refractivity contribution in [1.82, 2.24) is 0 Å². The van der Waals surface area contributed by atoms with Crippen LogP contribution in [0.1, 0.15) is 67.7 Å². The van der Waals surface area contributed by atoms with Crippen molar-refractivity contribution in [2.45, 2.75) is 70.6 Å². The first-order chi connectivity index (χ1) is 8.68. The van der Waals surface area contributed by atoms with Crippen LogP contribution in [0.2, 0.25) is 0 Å². The monoisotopic (exact) mass is 244 g/mol. The van der Waals surface area contributed by atoms with Crippen LogP contribution in [0.4, 0.5) is 0 Å². The molecule has 1 fully saturated rings. The Morgan fingerprint density at radius 3 is 2.44 bits per heavy atom. The van der Waals surface area contributed by atoms with E-state index in [9.17, 15) is 5.11 Å². The zero-order chi connectivity index (χ0) is 12.8. The quantitative estimate of drug-likeness (QED) is 0.835. The lowest BCUT2D eigenvalue weighted by atomic mass is 9.81. The largest absolute Gasteiger partial charge is 0.507 e. The average molecular weight is 244 g/mol. The highest BCUT2D eigenvalue weighted by Crippen LogP contribution is 2.55. The molecule has 0 spiro atoms. The van der Waals surface area contributed by atoms with Crippen molar-refractivity contribution in [1.29, 1.82) is 0 Å². The van der Waals surface area contributed by atoms with Crippen LogP contribution in [0.5, 0.6) is 5.75 Å². The topological polar surface area (TPSA) is 20.2 Å². The summed E-state index contributed by atoms with van der Waals surface area (Å²) in [5, 5.41) is 10.7. The van der Waals surface area contributed by atoms with E-state index in [-0.39, 0.29) is 0 Å². The molecule has 2 aliphatic rings. The van der Waals surface area contributed by atoms with Crippen molar-refractivity contribution in [2.24, 2.45) is 0 Å². The number of hydrogen-bond acceptors (Lipinski definition) is 1. The summed E-state index contributed by atoms with van der Waals surface area (Å²) in [7, 11) is 0. The molecule has 1 aromatic rings. The molecule has 0 aliphatic heterocycles. The summed E-state index contributed by atoms with van der Waals surface area (Å²) < 4.78 is 0. The molecule has 0 unspecified atom stereocenters. The third-order valence-corrected chi connectivity index (χ3v) is 5.00. The smallest absolute Gasteiger partial charge is 0.122 e. The Hall–Kier alpha value is -0.980. The second-order valence-corrected chi connectivity index (χ2v) is 6.28. The summed E-state index contributed by atoms with van der Waals surface area (Å²) in [4.78, 5) is 0. The van der Waals surface area contributed by atoms with Gasteiger partial charge in [-0.15, -0.1) is 0 Å². The zero-order valence-corrected chi connectivity index (χ0v) is 11.7. The number of benzene rings is 1. The maximum Gasteiger partial charge on any atom is 0.122 e. The first-order valence-electron chi connectivity index (χ1n) is 7.53. The predicted octanol–water partition coefficient (Wildman–Crippen LogP) is 4.41. The van der Waals surface area contributed by atoms with Gasteiger partial charge in [-0.2, -0.15) is 0 Å². The molecule has 2 aliphatic carbocycles.